The molecule has 29 heavy (non-hydrogen) atoms. The summed E-state index contributed by atoms with van der Waals surface area (Å²) in [4.78, 5) is 38.0. The number of esters is 1. The van der Waals surface area contributed by atoms with Gasteiger partial charge in [-0.25, -0.2) is 9.59 Å². The zero-order valence-electron chi connectivity index (χ0n) is 18.1. The highest BCUT2D eigenvalue weighted by Crippen LogP contribution is 2.22. The summed E-state index contributed by atoms with van der Waals surface area (Å²) in [6.07, 6.45) is -0.202. The van der Waals surface area contributed by atoms with Crippen molar-refractivity contribution in [1.29, 1.82) is 0 Å². The highest BCUT2D eigenvalue weighted by Gasteiger charge is 2.27. The van der Waals surface area contributed by atoms with Crippen LogP contribution in [-0.4, -0.2) is 73.2 Å². The summed E-state index contributed by atoms with van der Waals surface area (Å²) < 4.78 is 9.90. The van der Waals surface area contributed by atoms with Gasteiger partial charge < -0.3 is 24.6 Å². The van der Waals surface area contributed by atoms with Crippen molar-refractivity contribution >= 4 is 18.0 Å². The molecule has 160 valence electrons. The fraction of sp³-hybridized carbons (Fsp3) is 0.571. The van der Waals surface area contributed by atoms with Crippen molar-refractivity contribution in [3.63, 3.8) is 0 Å². The highest BCUT2D eigenvalue weighted by molar-refractivity contribution is 6.01. The maximum atomic E-state index is 11.7. The Labute approximate surface area is 172 Å². The van der Waals surface area contributed by atoms with E-state index in [0.717, 1.165) is 25.2 Å². The van der Waals surface area contributed by atoms with Crippen LogP contribution in [0, 0.1) is 0 Å². The monoisotopic (exact) mass is 405 g/mol. The first-order valence-corrected chi connectivity index (χ1v) is 9.70. The van der Waals surface area contributed by atoms with Gasteiger partial charge in [0.05, 0.1) is 12.7 Å². The minimum absolute atomic E-state index is 0.0456. The van der Waals surface area contributed by atoms with Crippen LogP contribution in [0.25, 0.3) is 0 Å². The summed E-state index contributed by atoms with van der Waals surface area (Å²) in [6.45, 7) is 10.7. The molecule has 1 N–H and O–H groups in total. The predicted octanol–water partition coefficient (Wildman–Crippen LogP) is 2.27. The van der Waals surface area contributed by atoms with Crippen molar-refractivity contribution in [3.05, 3.63) is 34.9 Å². The Morgan fingerprint density at radius 3 is 2.52 bits per heavy atom. The molecule has 1 atom stereocenters. The number of carbonyl (C=O) groups is 3. The number of nitrogens with one attached hydrogen (secondary N) is 1. The third-order valence-corrected chi connectivity index (χ3v) is 4.64. The second-order valence-corrected chi connectivity index (χ2v) is 8.25. The topological polar surface area (TPSA) is 88.2 Å². The van der Waals surface area contributed by atoms with E-state index in [1.165, 1.54) is 7.11 Å². The number of carbonyl (C=O) groups excluding carboxylic acids is 3. The minimum Gasteiger partial charge on any atom is -0.465 e. The van der Waals surface area contributed by atoms with Gasteiger partial charge in [-0.1, -0.05) is 6.07 Å². The molecule has 0 bridgehead atoms. The molecule has 0 spiro atoms. The van der Waals surface area contributed by atoms with E-state index >= 15 is 0 Å². The van der Waals surface area contributed by atoms with E-state index in [2.05, 4.69) is 10.1 Å². The summed E-state index contributed by atoms with van der Waals surface area (Å²) in [6, 6.07) is 5.28. The van der Waals surface area contributed by atoms with Gasteiger partial charge in [0.2, 0.25) is 0 Å². The molecule has 1 unspecified atom stereocenters. The predicted molar refractivity (Wildman–Crippen MR) is 109 cm³/mol. The SMILES string of the molecule is CC1CNCCN1C(=O)OC(C)(C)C.COC(=O)c1ccc2c(c1)C(=O)N(C)C2. The summed E-state index contributed by atoms with van der Waals surface area (Å²) in [5.41, 5.74) is 1.57. The van der Waals surface area contributed by atoms with Crippen molar-refractivity contribution in [2.24, 2.45) is 0 Å². The molecule has 8 heteroatoms. The van der Waals surface area contributed by atoms with Gasteiger partial charge in [0.15, 0.2) is 0 Å². The molecule has 0 aromatic heterocycles. The number of methoxy groups -OCH3 is 1. The Morgan fingerprint density at radius 2 is 1.93 bits per heavy atom. The molecule has 2 heterocycles. The highest BCUT2D eigenvalue weighted by atomic mass is 16.6. The van der Waals surface area contributed by atoms with Gasteiger partial charge in [-0.05, 0) is 45.4 Å². The van der Waals surface area contributed by atoms with Crippen LogP contribution in [0.5, 0.6) is 0 Å². The van der Waals surface area contributed by atoms with E-state index in [9.17, 15) is 14.4 Å². The number of hydrogen-bond acceptors (Lipinski definition) is 6. The van der Waals surface area contributed by atoms with Gasteiger partial charge in [0.1, 0.15) is 5.60 Å². The van der Waals surface area contributed by atoms with Gasteiger partial charge >= 0.3 is 12.1 Å². The standard InChI is InChI=1S/C11H11NO3.C10H20N2O2/c1-12-6-8-4-3-7(11(14)15-2)5-9(8)10(12)13;1-8-7-11-5-6-12(8)9(13)14-10(2,3)4/h3-5H,6H2,1-2H3;8,11H,5-7H2,1-4H3. The Balaban J connectivity index is 0.000000208. The molecule has 2 aliphatic rings. The first-order valence-electron chi connectivity index (χ1n) is 9.70. The van der Waals surface area contributed by atoms with Crippen LogP contribution in [-0.2, 0) is 16.0 Å². The summed E-state index contributed by atoms with van der Waals surface area (Å²) in [7, 11) is 3.06. The van der Waals surface area contributed by atoms with Crippen molar-refractivity contribution < 1.29 is 23.9 Å². The lowest BCUT2D eigenvalue weighted by Gasteiger charge is -2.35. The summed E-state index contributed by atoms with van der Waals surface area (Å²) in [5.74, 6) is -0.462. The van der Waals surface area contributed by atoms with Crippen molar-refractivity contribution in [2.75, 3.05) is 33.8 Å². The second-order valence-electron chi connectivity index (χ2n) is 8.25. The lowest BCUT2D eigenvalue weighted by Crippen LogP contribution is -2.53. The molecule has 0 aliphatic carbocycles. The first kappa shape index (κ1) is 22.7. The Hall–Kier alpha value is -2.61. The molecule has 1 saturated heterocycles. The maximum Gasteiger partial charge on any atom is 0.410 e. The van der Waals surface area contributed by atoms with Gasteiger partial charge in [-0.2, -0.15) is 0 Å². The summed E-state index contributed by atoms with van der Waals surface area (Å²) >= 11 is 0. The van der Waals surface area contributed by atoms with Crippen LogP contribution in [0.15, 0.2) is 18.2 Å². The number of nitrogens with zero attached hydrogens (tertiary/aromatic N) is 2. The fourth-order valence-corrected chi connectivity index (χ4v) is 3.12. The van der Waals surface area contributed by atoms with Crippen molar-refractivity contribution in [3.8, 4) is 0 Å². The average molecular weight is 405 g/mol. The number of amides is 2. The fourth-order valence-electron chi connectivity index (χ4n) is 3.12. The Kier molecular flexibility index (Phi) is 7.24. The van der Waals surface area contributed by atoms with E-state index in [0.29, 0.717) is 17.7 Å². The van der Waals surface area contributed by atoms with Gasteiger partial charge in [0.25, 0.3) is 5.91 Å². The molecule has 8 nitrogen and oxygen atoms in total. The van der Waals surface area contributed by atoms with Crippen LogP contribution in [0.2, 0.25) is 0 Å². The van der Waals surface area contributed by atoms with E-state index in [4.69, 9.17) is 4.74 Å². The largest absolute Gasteiger partial charge is 0.465 e. The van der Waals surface area contributed by atoms with E-state index in [1.54, 1.807) is 35.0 Å². The molecule has 3 rings (SSSR count). The van der Waals surface area contributed by atoms with E-state index in [1.807, 2.05) is 27.7 Å². The van der Waals surface area contributed by atoms with Gasteiger partial charge in [-0.15, -0.1) is 0 Å². The van der Waals surface area contributed by atoms with E-state index < -0.39 is 11.6 Å². The number of ether oxygens (including phenoxy) is 2. The lowest BCUT2D eigenvalue weighted by atomic mass is 10.1. The molecular formula is C21H31N3O5. The maximum absolute atomic E-state index is 11.7. The van der Waals surface area contributed by atoms with Crippen LogP contribution >= 0.6 is 0 Å². The van der Waals surface area contributed by atoms with Gasteiger partial charge in [-0.3, -0.25) is 4.79 Å². The third kappa shape index (κ3) is 5.93. The zero-order chi connectivity index (χ0) is 21.8. The lowest BCUT2D eigenvalue weighted by molar-refractivity contribution is 0.0141. The second kappa shape index (κ2) is 9.26. The molecule has 2 amide bonds. The van der Waals surface area contributed by atoms with Crippen molar-refractivity contribution in [1.82, 2.24) is 15.1 Å². The normalized spacial score (nSPS) is 18.6. The number of hydrogen-bond donors (Lipinski definition) is 1. The molecule has 0 radical (unpaired) electrons. The molecule has 0 saturated carbocycles. The Morgan fingerprint density at radius 1 is 1.24 bits per heavy atom. The summed E-state index contributed by atoms with van der Waals surface area (Å²) in [5, 5.41) is 3.23. The minimum atomic E-state index is -0.417. The number of benzene rings is 1. The Bertz CT molecular complexity index is 772. The van der Waals surface area contributed by atoms with Crippen molar-refractivity contribution in [2.45, 2.75) is 45.9 Å². The third-order valence-electron chi connectivity index (χ3n) is 4.64. The van der Waals surface area contributed by atoms with Crippen LogP contribution < -0.4 is 5.32 Å². The van der Waals surface area contributed by atoms with Crippen LogP contribution in [0.4, 0.5) is 4.79 Å². The molecule has 1 fully saturated rings. The van der Waals surface area contributed by atoms with Gasteiger partial charge in [0, 0.05) is 44.8 Å². The quantitative estimate of drug-likeness (QED) is 0.721. The first-order chi connectivity index (χ1) is 13.5. The molecular weight excluding hydrogens is 374 g/mol. The molecule has 2 aliphatic heterocycles. The van der Waals surface area contributed by atoms with Crippen LogP contribution in [0.1, 0.15) is 54.0 Å². The van der Waals surface area contributed by atoms with Crippen LogP contribution in [0.3, 0.4) is 0 Å². The number of rotatable bonds is 1. The smallest absolute Gasteiger partial charge is 0.410 e. The number of fused-ring (bicyclic) bond motifs is 1. The zero-order valence-corrected chi connectivity index (χ0v) is 18.1. The molecule has 1 aromatic rings. The van der Waals surface area contributed by atoms with E-state index in [-0.39, 0.29) is 18.0 Å². The molecule has 1 aromatic carbocycles. The average Bonchev–Trinajstić information content (AvgIpc) is 2.94. The number of piperazine rings is 1.